The van der Waals surface area contributed by atoms with Crippen LogP contribution in [0.5, 0.6) is 0 Å². The number of nitrogens with zero attached hydrogens (tertiary/aromatic N) is 1. The number of hydrogen-bond acceptors (Lipinski definition) is 4. The molecule has 1 heterocycles. The summed E-state index contributed by atoms with van der Waals surface area (Å²) < 4.78 is 5.61. The summed E-state index contributed by atoms with van der Waals surface area (Å²) in [5.74, 6) is -1.02. The Kier molecular flexibility index (Phi) is 7.15. The first-order chi connectivity index (χ1) is 16.7. The number of carbonyl (C=O) groups is 3. The van der Waals surface area contributed by atoms with E-state index >= 15 is 0 Å². The van der Waals surface area contributed by atoms with Gasteiger partial charge in [-0.2, -0.15) is 0 Å². The Morgan fingerprint density at radius 1 is 1.06 bits per heavy atom. The van der Waals surface area contributed by atoms with Crippen LogP contribution in [0.1, 0.15) is 57.1 Å². The Bertz CT molecular complexity index is 1070. The number of fused-ring (bicyclic) bond motifs is 3. The van der Waals surface area contributed by atoms with E-state index in [1.54, 1.807) is 6.92 Å². The van der Waals surface area contributed by atoms with Crippen LogP contribution in [-0.4, -0.2) is 53.7 Å². The van der Waals surface area contributed by atoms with E-state index in [1.807, 2.05) is 38.1 Å². The van der Waals surface area contributed by atoms with Crippen LogP contribution in [0.15, 0.2) is 48.5 Å². The van der Waals surface area contributed by atoms with Crippen molar-refractivity contribution in [3.05, 3.63) is 59.7 Å². The second-order valence-electron chi connectivity index (χ2n) is 10.1. The Labute approximate surface area is 206 Å². The van der Waals surface area contributed by atoms with Crippen molar-refractivity contribution < 1.29 is 24.2 Å². The van der Waals surface area contributed by atoms with E-state index in [2.05, 4.69) is 29.6 Å². The second-order valence-corrected chi connectivity index (χ2v) is 10.1. The monoisotopic (exact) mass is 478 g/mol. The topological polar surface area (TPSA) is 95.9 Å². The van der Waals surface area contributed by atoms with Gasteiger partial charge >= 0.3 is 12.1 Å². The van der Waals surface area contributed by atoms with Gasteiger partial charge in [0.15, 0.2) is 0 Å². The number of amides is 2. The highest BCUT2D eigenvalue weighted by Gasteiger charge is 2.42. The first-order valence-electron chi connectivity index (χ1n) is 12.4. The van der Waals surface area contributed by atoms with Crippen LogP contribution >= 0.6 is 0 Å². The van der Waals surface area contributed by atoms with Gasteiger partial charge in [0.1, 0.15) is 12.6 Å². The molecule has 0 saturated carbocycles. The number of carboxylic acids is 1. The van der Waals surface area contributed by atoms with Crippen molar-refractivity contribution in [2.75, 3.05) is 19.7 Å². The highest BCUT2D eigenvalue weighted by Crippen LogP contribution is 2.44. The lowest BCUT2D eigenvalue weighted by molar-refractivity contribution is -0.158. The van der Waals surface area contributed by atoms with Gasteiger partial charge in [0.2, 0.25) is 5.91 Å². The molecule has 35 heavy (non-hydrogen) atoms. The summed E-state index contributed by atoms with van der Waals surface area (Å²) in [6, 6.07) is 15.5. The van der Waals surface area contributed by atoms with E-state index in [0.717, 1.165) is 28.7 Å². The summed E-state index contributed by atoms with van der Waals surface area (Å²) in [5, 5.41) is 12.4. The zero-order valence-corrected chi connectivity index (χ0v) is 20.6. The van der Waals surface area contributed by atoms with Crippen molar-refractivity contribution in [1.29, 1.82) is 0 Å². The van der Waals surface area contributed by atoms with Crippen LogP contribution in [0, 0.1) is 11.3 Å². The van der Waals surface area contributed by atoms with Crippen LogP contribution in [0.3, 0.4) is 0 Å². The summed E-state index contributed by atoms with van der Waals surface area (Å²) in [5.41, 5.74) is 3.66. The van der Waals surface area contributed by atoms with Gasteiger partial charge in [0, 0.05) is 19.0 Å². The number of piperidine rings is 1. The van der Waals surface area contributed by atoms with Crippen molar-refractivity contribution in [3.8, 4) is 11.1 Å². The fourth-order valence-corrected chi connectivity index (χ4v) is 5.25. The molecule has 0 bridgehead atoms. The minimum atomic E-state index is -0.979. The Morgan fingerprint density at radius 3 is 2.23 bits per heavy atom. The highest BCUT2D eigenvalue weighted by atomic mass is 16.5. The van der Waals surface area contributed by atoms with E-state index in [1.165, 1.54) is 4.90 Å². The first kappa shape index (κ1) is 24.8. The molecule has 7 nitrogen and oxygen atoms in total. The van der Waals surface area contributed by atoms with Gasteiger partial charge in [-0.05, 0) is 54.4 Å². The van der Waals surface area contributed by atoms with Crippen molar-refractivity contribution >= 4 is 18.0 Å². The van der Waals surface area contributed by atoms with Gasteiger partial charge in [0.25, 0.3) is 0 Å². The molecule has 0 radical (unpaired) electrons. The van der Waals surface area contributed by atoms with Gasteiger partial charge in [-0.3, -0.25) is 4.79 Å². The zero-order chi connectivity index (χ0) is 25.2. The molecule has 0 aromatic heterocycles. The van der Waals surface area contributed by atoms with E-state index in [9.17, 15) is 19.5 Å². The number of benzene rings is 2. The summed E-state index contributed by atoms with van der Waals surface area (Å²) in [7, 11) is 0. The molecule has 4 rings (SSSR count). The van der Waals surface area contributed by atoms with Crippen molar-refractivity contribution in [2.45, 2.75) is 52.0 Å². The number of carboxylic acid groups (broad SMARTS) is 1. The molecule has 0 spiro atoms. The molecule has 1 saturated heterocycles. The quantitative estimate of drug-likeness (QED) is 0.604. The van der Waals surface area contributed by atoms with Gasteiger partial charge in [0.05, 0.1) is 5.41 Å². The predicted octanol–water partition coefficient (Wildman–Crippen LogP) is 4.65. The number of nitrogens with one attached hydrogen (secondary N) is 1. The molecule has 2 aliphatic rings. The summed E-state index contributed by atoms with van der Waals surface area (Å²) in [6.45, 7) is 6.36. The standard InChI is InChI=1S/C28H34N2O5/c1-4-28(3,26(33)30-15-18(2)13-14-24(30)25(31)32)17-29-27(34)35-16-23-21-11-7-5-9-19(21)20-10-6-8-12-22(20)23/h5-12,18,23-24H,4,13-17H2,1-3H3,(H,29,34)(H,31,32). The maximum absolute atomic E-state index is 13.4. The van der Waals surface area contributed by atoms with Crippen LogP contribution in [-0.2, 0) is 14.3 Å². The van der Waals surface area contributed by atoms with Gasteiger partial charge in [-0.1, -0.05) is 62.4 Å². The average molecular weight is 479 g/mol. The Morgan fingerprint density at radius 2 is 1.66 bits per heavy atom. The Hall–Kier alpha value is -3.35. The minimum Gasteiger partial charge on any atom is -0.480 e. The molecule has 2 aromatic carbocycles. The minimum absolute atomic E-state index is 0.0431. The number of likely N-dealkylation sites (tertiary alicyclic amines) is 1. The summed E-state index contributed by atoms with van der Waals surface area (Å²) in [6.07, 6.45) is 1.11. The number of aliphatic carboxylic acids is 1. The molecule has 1 fully saturated rings. The molecule has 1 aliphatic heterocycles. The zero-order valence-electron chi connectivity index (χ0n) is 20.6. The lowest BCUT2D eigenvalue weighted by atomic mass is 9.83. The third-order valence-corrected chi connectivity index (χ3v) is 7.63. The van der Waals surface area contributed by atoms with Crippen LogP contribution in [0.25, 0.3) is 11.1 Å². The van der Waals surface area contributed by atoms with Crippen molar-refractivity contribution in [3.63, 3.8) is 0 Å². The van der Waals surface area contributed by atoms with Gasteiger partial charge < -0.3 is 20.1 Å². The molecule has 2 N–H and O–H groups in total. The van der Waals surface area contributed by atoms with E-state index < -0.39 is 23.5 Å². The average Bonchev–Trinajstić information content (AvgIpc) is 3.19. The molecular formula is C28H34N2O5. The molecule has 3 atom stereocenters. The normalized spacial score (nSPS) is 20.9. The number of carbonyl (C=O) groups excluding carboxylic acids is 2. The molecule has 2 amide bonds. The Balaban J connectivity index is 1.39. The third-order valence-electron chi connectivity index (χ3n) is 7.63. The van der Waals surface area contributed by atoms with Gasteiger partial charge in [-0.15, -0.1) is 0 Å². The lowest BCUT2D eigenvalue weighted by Gasteiger charge is -2.41. The number of rotatable bonds is 7. The largest absolute Gasteiger partial charge is 0.480 e. The summed E-state index contributed by atoms with van der Waals surface area (Å²) >= 11 is 0. The fourth-order valence-electron chi connectivity index (χ4n) is 5.25. The predicted molar refractivity (Wildman–Crippen MR) is 133 cm³/mol. The lowest BCUT2D eigenvalue weighted by Crippen LogP contribution is -2.56. The van der Waals surface area contributed by atoms with E-state index in [-0.39, 0.29) is 30.9 Å². The molecule has 1 aliphatic carbocycles. The second kappa shape index (κ2) is 10.1. The fraction of sp³-hybridized carbons (Fsp3) is 0.464. The maximum Gasteiger partial charge on any atom is 0.407 e. The smallest absolute Gasteiger partial charge is 0.407 e. The number of hydrogen-bond donors (Lipinski definition) is 2. The summed E-state index contributed by atoms with van der Waals surface area (Å²) in [4.78, 5) is 39.3. The van der Waals surface area contributed by atoms with Crippen LogP contribution in [0.4, 0.5) is 4.79 Å². The SMILES string of the molecule is CCC(C)(CNC(=O)OCC1c2ccccc2-c2ccccc21)C(=O)N1CC(C)CCC1C(=O)O. The van der Waals surface area contributed by atoms with E-state index in [0.29, 0.717) is 19.4 Å². The molecule has 186 valence electrons. The first-order valence-corrected chi connectivity index (χ1v) is 12.4. The van der Waals surface area contributed by atoms with Crippen molar-refractivity contribution in [2.24, 2.45) is 11.3 Å². The van der Waals surface area contributed by atoms with Crippen molar-refractivity contribution in [1.82, 2.24) is 10.2 Å². The molecule has 2 aromatic rings. The maximum atomic E-state index is 13.4. The molecule has 7 heteroatoms. The van der Waals surface area contributed by atoms with Gasteiger partial charge in [-0.25, -0.2) is 9.59 Å². The van der Waals surface area contributed by atoms with Crippen LogP contribution < -0.4 is 5.32 Å². The van der Waals surface area contributed by atoms with Crippen LogP contribution in [0.2, 0.25) is 0 Å². The molecular weight excluding hydrogens is 444 g/mol. The number of alkyl carbamates (subject to hydrolysis) is 1. The number of ether oxygens (including phenoxy) is 1. The van der Waals surface area contributed by atoms with E-state index in [4.69, 9.17) is 4.74 Å². The molecule has 3 unspecified atom stereocenters. The highest BCUT2D eigenvalue weighted by molar-refractivity contribution is 5.88. The third kappa shape index (κ3) is 4.90.